The predicted octanol–water partition coefficient (Wildman–Crippen LogP) is 3.25. The standard InChI is InChI=1S/C17H16ClFN2O3/c1-24-15-5-3-2-4-12(15)17(23)20-9-8-16(22)21-14-10-11(18)6-7-13(14)19/h2-7,10H,8-9H2,1H3,(H,20,23)(H,21,22). The molecule has 2 amide bonds. The lowest BCUT2D eigenvalue weighted by Gasteiger charge is -2.10. The van der Waals surface area contributed by atoms with Gasteiger partial charge in [0.1, 0.15) is 11.6 Å². The minimum atomic E-state index is -0.578. The van der Waals surface area contributed by atoms with E-state index in [4.69, 9.17) is 16.3 Å². The highest BCUT2D eigenvalue weighted by atomic mass is 35.5. The van der Waals surface area contributed by atoms with Crippen molar-refractivity contribution in [1.29, 1.82) is 0 Å². The number of rotatable bonds is 6. The van der Waals surface area contributed by atoms with Crippen molar-refractivity contribution in [1.82, 2.24) is 5.32 Å². The zero-order valence-electron chi connectivity index (χ0n) is 12.9. The second-order valence-corrected chi connectivity index (χ2v) is 5.31. The molecule has 0 aliphatic carbocycles. The second-order valence-electron chi connectivity index (χ2n) is 4.88. The van der Waals surface area contributed by atoms with Crippen molar-refractivity contribution in [2.24, 2.45) is 0 Å². The third-order valence-corrected chi connectivity index (χ3v) is 3.43. The number of ether oxygens (including phenoxy) is 1. The highest BCUT2D eigenvalue weighted by Crippen LogP contribution is 2.19. The van der Waals surface area contributed by atoms with Crippen molar-refractivity contribution in [3.63, 3.8) is 0 Å². The maximum atomic E-state index is 13.5. The maximum Gasteiger partial charge on any atom is 0.255 e. The number of methoxy groups -OCH3 is 1. The lowest BCUT2D eigenvalue weighted by Crippen LogP contribution is -2.28. The van der Waals surface area contributed by atoms with Crippen molar-refractivity contribution in [2.45, 2.75) is 6.42 Å². The zero-order chi connectivity index (χ0) is 17.5. The molecule has 0 saturated carbocycles. The van der Waals surface area contributed by atoms with Gasteiger partial charge in [0.05, 0.1) is 18.4 Å². The Morgan fingerprint density at radius 1 is 1.21 bits per heavy atom. The van der Waals surface area contributed by atoms with E-state index in [1.807, 2.05) is 0 Å². The van der Waals surface area contributed by atoms with E-state index >= 15 is 0 Å². The van der Waals surface area contributed by atoms with Crippen molar-refractivity contribution < 1.29 is 18.7 Å². The van der Waals surface area contributed by atoms with Gasteiger partial charge in [-0.1, -0.05) is 23.7 Å². The van der Waals surface area contributed by atoms with Gasteiger partial charge >= 0.3 is 0 Å². The quantitative estimate of drug-likeness (QED) is 0.840. The SMILES string of the molecule is COc1ccccc1C(=O)NCCC(=O)Nc1cc(Cl)ccc1F. The molecule has 7 heteroatoms. The van der Waals surface area contributed by atoms with Crippen LogP contribution in [-0.2, 0) is 4.79 Å². The number of benzene rings is 2. The van der Waals surface area contributed by atoms with Crippen LogP contribution in [0.4, 0.5) is 10.1 Å². The molecule has 24 heavy (non-hydrogen) atoms. The molecule has 0 aliphatic heterocycles. The van der Waals surface area contributed by atoms with E-state index in [1.54, 1.807) is 24.3 Å². The van der Waals surface area contributed by atoms with E-state index in [1.165, 1.54) is 25.3 Å². The number of carbonyl (C=O) groups is 2. The minimum absolute atomic E-state index is 0.00329. The molecule has 2 N–H and O–H groups in total. The summed E-state index contributed by atoms with van der Waals surface area (Å²) in [4.78, 5) is 23.9. The summed E-state index contributed by atoms with van der Waals surface area (Å²) >= 11 is 5.76. The van der Waals surface area contributed by atoms with Gasteiger partial charge in [0.25, 0.3) is 5.91 Å². The summed E-state index contributed by atoms with van der Waals surface area (Å²) in [5, 5.41) is 5.35. The van der Waals surface area contributed by atoms with E-state index in [0.717, 1.165) is 0 Å². The molecule has 0 unspecified atom stereocenters. The Labute approximate surface area is 143 Å². The van der Waals surface area contributed by atoms with Gasteiger partial charge in [-0.3, -0.25) is 9.59 Å². The number of amides is 2. The highest BCUT2D eigenvalue weighted by molar-refractivity contribution is 6.30. The van der Waals surface area contributed by atoms with Crippen LogP contribution < -0.4 is 15.4 Å². The van der Waals surface area contributed by atoms with Crippen molar-refractivity contribution in [2.75, 3.05) is 19.0 Å². The summed E-state index contributed by atoms with van der Waals surface area (Å²) in [6.45, 7) is 0.102. The lowest BCUT2D eigenvalue weighted by atomic mass is 10.2. The van der Waals surface area contributed by atoms with Gasteiger partial charge < -0.3 is 15.4 Å². The number of para-hydroxylation sites is 1. The van der Waals surface area contributed by atoms with Crippen molar-refractivity contribution >= 4 is 29.1 Å². The molecule has 0 aromatic heterocycles. The molecular weight excluding hydrogens is 335 g/mol. The van der Waals surface area contributed by atoms with Gasteiger partial charge in [-0.15, -0.1) is 0 Å². The fraction of sp³-hybridized carbons (Fsp3) is 0.176. The monoisotopic (exact) mass is 350 g/mol. The van der Waals surface area contributed by atoms with Gasteiger partial charge in [-0.2, -0.15) is 0 Å². The normalized spacial score (nSPS) is 10.1. The van der Waals surface area contributed by atoms with Crippen LogP contribution in [0, 0.1) is 5.82 Å². The topological polar surface area (TPSA) is 67.4 Å². The first-order valence-electron chi connectivity index (χ1n) is 7.17. The molecule has 0 radical (unpaired) electrons. The van der Waals surface area contributed by atoms with Crippen LogP contribution in [0.2, 0.25) is 5.02 Å². The van der Waals surface area contributed by atoms with Gasteiger partial charge in [0.2, 0.25) is 5.91 Å². The molecule has 126 valence electrons. The lowest BCUT2D eigenvalue weighted by molar-refractivity contribution is -0.116. The maximum absolute atomic E-state index is 13.5. The number of carbonyl (C=O) groups excluding carboxylic acids is 2. The van der Waals surface area contributed by atoms with Crippen molar-refractivity contribution in [3.05, 3.63) is 58.9 Å². The first-order chi connectivity index (χ1) is 11.5. The smallest absolute Gasteiger partial charge is 0.255 e. The zero-order valence-corrected chi connectivity index (χ0v) is 13.7. The van der Waals surface area contributed by atoms with Crippen LogP contribution in [0.1, 0.15) is 16.8 Å². The van der Waals surface area contributed by atoms with Gasteiger partial charge in [-0.25, -0.2) is 4.39 Å². The largest absolute Gasteiger partial charge is 0.496 e. The Morgan fingerprint density at radius 2 is 1.96 bits per heavy atom. The van der Waals surface area contributed by atoms with Crippen LogP contribution in [0.15, 0.2) is 42.5 Å². The predicted molar refractivity (Wildman–Crippen MR) is 90.0 cm³/mol. The van der Waals surface area contributed by atoms with E-state index in [-0.39, 0.29) is 24.6 Å². The Bertz CT molecular complexity index is 752. The average molecular weight is 351 g/mol. The molecule has 0 fully saturated rings. The Hall–Kier alpha value is -2.60. The molecule has 5 nitrogen and oxygen atoms in total. The van der Waals surface area contributed by atoms with Crippen LogP contribution in [-0.4, -0.2) is 25.5 Å². The van der Waals surface area contributed by atoms with E-state index in [0.29, 0.717) is 16.3 Å². The molecule has 2 aromatic rings. The van der Waals surface area contributed by atoms with Crippen LogP contribution in [0.25, 0.3) is 0 Å². The first-order valence-corrected chi connectivity index (χ1v) is 7.55. The molecule has 0 saturated heterocycles. The third kappa shape index (κ3) is 4.70. The summed E-state index contributed by atoms with van der Waals surface area (Å²) in [5.41, 5.74) is 0.379. The van der Waals surface area contributed by atoms with E-state index in [2.05, 4.69) is 10.6 Å². The summed E-state index contributed by atoms with van der Waals surface area (Å²) in [5.74, 6) is -0.920. The Balaban J connectivity index is 1.86. The molecule has 2 aromatic carbocycles. The van der Waals surface area contributed by atoms with Gasteiger partial charge in [0.15, 0.2) is 0 Å². The fourth-order valence-corrected chi connectivity index (χ4v) is 2.20. The Morgan fingerprint density at radius 3 is 2.71 bits per heavy atom. The molecule has 0 atom stereocenters. The number of hydrogen-bond acceptors (Lipinski definition) is 3. The second kappa shape index (κ2) is 8.31. The molecular formula is C17H16ClFN2O3. The summed E-state index contributed by atoms with van der Waals surface area (Å²) in [6.07, 6.45) is -0.00710. The third-order valence-electron chi connectivity index (χ3n) is 3.19. The number of halogens is 2. The van der Waals surface area contributed by atoms with Crippen LogP contribution in [0.5, 0.6) is 5.75 Å². The van der Waals surface area contributed by atoms with E-state index < -0.39 is 11.7 Å². The summed E-state index contributed by atoms with van der Waals surface area (Å²) in [7, 11) is 1.47. The number of anilines is 1. The van der Waals surface area contributed by atoms with E-state index in [9.17, 15) is 14.0 Å². The summed E-state index contributed by atoms with van der Waals surface area (Å²) in [6, 6.07) is 10.6. The van der Waals surface area contributed by atoms with Crippen molar-refractivity contribution in [3.8, 4) is 5.75 Å². The van der Waals surface area contributed by atoms with Gasteiger partial charge in [-0.05, 0) is 30.3 Å². The molecule has 2 rings (SSSR count). The molecule has 0 aliphatic rings. The number of nitrogens with one attached hydrogen (secondary N) is 2. The summed E-state index contributed by atoms with van der Waals surface area (Å²) < 4.78 is 18.6. The molecule has 0 bridgehead atoms. The van der Waals surface area contributed by atoms with Crippen LogP contribution >= 0.6 is 11.6 Å². The first kappa shape index (κ1) is 17.7. The molecule has 0 heterocycles. The minimum Gasteiger partial charge on any atom is -0.496 e. The van der Waals surface area contributed by atoms with Crippen LogP contribution in [0.3, 0.4) is 0 Å². The average Bonchev–Trinajstić information content (AvgIpc) is 2.58. The fourth-order valence-electron chi connectivity index (χ4n) is 2.02. The number of hydrogen-bond donors (Lipinski definition) is 2. The van der Waals surface area contributed by atoms with Gasteiger partial charge in [0, 0.05) is 18.0 Å². The molecule has 0 spiro atoms. The highest BCUT2D eigenvalue weighted by Gasteiger charge is 2.12. The Kier molecular flexibility index (Phi) is 6.14.